The molecule has 106 valence electrons. The second-order valence-corrected chi connectivity index (χ2v) is 5.81. The summed E-state index contributed by atoms with van der Waals surface area (Å²) < 4.78 is 0. The lowest BCUT2D eigenvalue weighted by Gasteiger charge is -2.54. The topological polar surface area (TPSA) is 49.8 Å². The van der Waals surface area contributed by atoms with Crippen molar-refractivity contribution >= 4 is 5.91 Å². The Morgan fingerprint density at radius 1 is 1.61 bits per heavy atom. The SMILES string of the molecule is CC[C@@]1(C)C(O)C[C@@H]1[C@H](C)CCC(=O)N(C)OC. The fourth-order valence-corrected chi connectivity index (χ4v) is 3.06. The maximum absolute atomic E-state index is 11.7. The summed E-state index contributed by atoms with van der Waals surface area (Å²) in [6.07, 6.45) is 3.07. The van der Waals surface area contributed by atoms with Crippen LogP contribution in [0, 0.1) is 17.3 Å². The lowest BCUT2D eigenvalue weighted by Crippen LogP contribution is -2.53. The van der Waals surface area contributed by atoms with Crippen molar-refractivity contribution in [2.75, 3.05) is 14.2 Å². The van der Waals surface area contributed by atoms with Gasteiger partial charge in [-0.3, -0.25) is 9.63 Å². The Balaban J connectivity index is 2.43. The Morgan fingerprint density at radius 2 is 2.22 bits per heavy atom. The molecule has 0 aromatic rings. The average Bonchev–Trinajstić information content (AvgIpc) is 2.39. The fourth-order valence-electron chi connectivity index (χ4n) is 3.06. The van der Waals surface area contributed by atoms with Gasteiger partial charge in [0.15, 0.2) is 0 Å². The number of amides is 1. The maximum atomic E-state index is 11.7. The molecule has 0 saturated heterocycles. The molecule has 1 fully saturated rings. The number of carbonyl (C=O) groups excluding carboxylic acids is 1. The van der Waals surface area contributed by atoms with Crippen molar-refractivity contribution in [1.82, 2.24) is 5.06 Å². The van der Waals surface area contributed by atoms with Gasteiger partial charge >= 0.3 is 0 Å². The summed E-state index contributed by atoms with van der Waals surface area (Å²) in [7, 11) is 3.13. The molecule has 1 N–H and O–H groups in total. The number of rotatable bonds is 6. The minimum absolute atomic E-state index is 0.0161. The Labute approximate surface area is 110 Å². The monoisotopic (exact) mass is 257 g/mol. The summed E-state index contributed by atoms with van der Waals surface area (Å²) in [6.45, 7) is 6.47. The van der Waals surface area contributed by atoms with E-state index in [1.807, 2.05) is 0 Å². The van der Waals surface area contributed by atoms with E-state index < -0.39 is 0 Å². The first-order valence-corrected chi connectivity index (χ1v) is 6.85. The molecule has 4 atom stereocenters. The van der Waals surface area contributed by atoms with Crippen LogP contribution in [0.1, 0.15) is 46.5 Å². The number of carbonyl (C=O) groups is 1. The van der Waals surface area contributed by atoms with Crippen molar-refractivity contribution in [3.05, 3.63) is 0 Å². The van der Waals surface area contributed by atoms with Gasteiger partial charge in [-0.2, -0.15) is 0 Å². The summed E-state index contributed by atoms with van der Waals surface area (Å²) in [4.78, 5) is 16.5. The van der Waals surface area contributed by atoms with Crippen molar-refractivity contribution in [2.24, 2.45) is 17.3 Å². The van der Waals surface area contributed by atoms with Crippen molar-refractivity contribution in [3.63, 3.8) is 0 Å². The molecular formula is C14H27NO3. The van der Waals surface area contributed by atoms with Crippen molar-refractivity contribution in [1.29, 1.82) is 0 Å². The Kier molecular flexibility index (Phi) is 5.17. The maximum Gasteiger partial charge on any atom is 0.245 e. The van der Waals surface area contributed by atoms with Gasteiger partial charge in [0.25, 0.3) is 0 Å². The first-order chi connectivity index (χ1) is 8.36. The Morgan fingerprint density at radius 3 is 2.67 bits per heavy atom. The van der Waals surface area contributed by atoms with E-state index in [-0.39, 0.29) is 17.4 Å². The molecule has 0 aromatic heterocycles. The summed E-state index contributed by atoms with van der Waals surface area (Å²) in [5.41, 5.74) is 0.0373. The van der Waals surface area contributed by atoms with E-state index in [1.165, 1.54) is 12.2 Å². The summed E-state index contributed by atoms with van der Waals surface area (Å²) in [5.74, 6) is 1.01. The molecule has 1 aliphatic carbocycles. The first-order valence-electron chi connectivity index (χ1n) is 6.85. The van der Waals surface area contributed by atoms with E-state index in [2.05, 4.69) is 20.8 Å². The van der Waals surface area contributed by atoms with Crippen LogP contribution in [0.2, 0.25) is 0 Å². The summed E-state index contributed by atoms with van der Waals surface area (Å²) in [6, 6.07) is 0. The van der Waals surface area contributed by atoms with E-state index in [4.69, 9.17) is 4.84 Å². The number of aliphatic hydroxyl groups is 1. The molecule has 0 spiro atoms. The fraction of sp³-hybridized carbons (Fsp3) is 0.929. The highest BCUT2D eigenvalue weighted by Crippen LogP contribution is 2.53. The number of aliphatic hydroxyl groups excluding tert-OH is 1. The number of hydrogen-bond donors (Lipinski definition) is 1. The molecule has 0 heterocycles. The van der Waals surface area contributed by atoms with Crippen LogP contribution < -0.4 is 0 Å². The molecule has 0 aliphatic heterocycles. The molecule has 1 saturated carbocycles. The summed E-state index contributed by atoms with van der Waals surface area (Å²) >= 11 is 0. The molecule has 0 aromatic carbocycles. The highest BCUT2D eigenvalue weighted by Gasteiger charge is 2.51. The third-order valence-corrected chi connectivity index (χ3v) is 4.97. The zero-order chi connectivity index (χ0) is 13.9. The van der Waals surface area contributed by atoms with Crippen LogP contribution >= 0.6 is 0 Å². The molecule has 1 rings (SSSR count). The molecule has 18 heavy (non-hydrogen) atoms. The molecular weight excluding hydrogens is 230 g/mol. The van der Waals surface area contributed by atoms with Crippen molar-refractivity contribution in [2.45, 2.75) is 52.6 Å². The number of nitrogens with zero attached hydrogens (tertiary/aromatic N) is 1. The van der Waals surface area contributed by atoms with Crippen LogP contribution in [0.3, 0.4) is 0 Å². The minimum atomic E-state index is -0.174. The van der Waals surface area contributed by atoms with Gasteiger partial charge in [0.2, 0.25) is 5.91 Å². The third-order valence-electron chi connectivity index (χ3n) is 4.97. The van der Waals surface area contributed by atoms with Crippen molar-refractivity contribution in [3.8, 4) is 0 Å². The first kappa shape index (κ1) is 15.4. The van der Waals surface area contributed by atoms with Crippen LogP contribution in [0.15, 0.2) is 0 Å². The summed E-state index contributed by atoms with van der Waals surface area (Å²) in [5, 5.41) is 11.2. The van der Waals surface area contributed by atoms with Crippen LogP contribution in [-0.4, -0.2) is 36.3 Å². The van der Waals surface area contributed by atoms with Gasteiger partial charge in [0.1, 0.15) is 0 Å². The van der Waals surface area contributed by atoms with Gasteiger partial charge in [-0.05, 0) is 36.5 Å². The predicted molar refractivity (Wildman–Crippen MR) is 70.7 cm³/mol. The Hall–Kier alpha value is -0.610. The highest BCUT2D eigenvalue weighted by molar-refractivity contribution is 5.74. The lowest BCUT2D eigenvalue weighted by atomic mass is 9.53. The highest BCUT2D eigenvalue weighted by atomic mass is 16.7. The average molecular weight is 257 g/mol. The number of hydroxylamine groups is 2. The zero-order valence-corrected chi connectivity index (χ0v) is 12.3. The number of hydrogen-bond acceptors (Lipinski definition) is 3. The van der Waals surface area contributed by atoms with Gasteiger partial charge in [-0.1, -0.05) is 20.8 Å². The smallest absolute Gasteiger partial charge is 0.245 e. The van der Waals surface area contributed by atoms with E-state index in [0.29, 0.717) is 18.3 Å². The third kappa shape index (κ3) is 2.86. The van der Waals surface area contributed by atoms with Gasteiger partial charge in [-0.25, -0.2) is 5.06 Å². The van der Waals surface area contributed by atoms with Gasteiger partial charge in [0.05, 0.1) is 13.2 Å². The van der Waals surface area contributed by atoms with Gasteiger partial charge in [-0.15, -0.1) is 0 Å². The second-order valence-electron chi connectivity index (χ2n) is 5.81. The molecule has 0 bridgehead atoms. The van der Waals surface area contributed by atoms with E-state index in [9.17, 15) is 9.90 Å². The standard InChI is InChI=1S/C14H27NO3/c1-6-14(3)11(9-12(14)16)10(2)7-8-13(17)15(4)18-5/h10-12,16H,6-9H2,1-5H3/t10-,11-,12?,14-/m1/s1. The normalized spacial score (nSPS) is 32.8. The molecule has 1 amide bonds. The van der Waals surface area contributed by atoms with Crippen LogP contribution in [-0.2, 0) is 9.63 Å². The molecule has 1 aliphatic rings. The zero-order valence-electron chi connectivity index (χ0n) is 12.3. The van der Waals surface area contributed by atoms with E-state index >= 15 is 0 Å². The van der Waals surface area contributed by atoms with Gasteiger partial charge in [0, 0.05) is 13.5 Å². The second kappa shape index (κ2) is 6.02. The molecule has 0 radical (unpaired) electrons. The predicted octanol–water partition coefficient (Wildman–Crippen LogP) is 2.22. The van der Waals surface area contributed by atoms with Crippen LogP contribution in [0.4, 0.5) is 0 Å². The van der Waals surface area contributed by atoms with Crippen LogP contribution in [0.25, 0.3) is 0 Å². The van der Waals surface area contributed by atoms with E-state index in [0.717, 1.165) is 19.3 Å². The van der Waals surface area contributed by atoms with E-state index in [1.54, 1.807) is 7.05 Å². The van der Waals surface area contributed by atoms with Gasteiger partial charge < -0.3 is 5.11 Å². The molecule has 1 unspecified atom stereocenters. The molecule has 4 nitrogen and oxygen atoms in total. The molecule has 4 heteroatoms. The Bertz CT molecular complexity index is 295. The van der Waals surface area contributed by atoms with Crippen molar-refractivity contribution < 1.29 is 14.7 Å². The quantitative estimate of drug-likeness (QED) is 0.742. The largest absolute Gasteiger partial charge is 0.393 e. The van der Waals surface area contributed by atoms with Crippen LogP contribution in [0.5, 0.6) is 0 Å². The minimum Gasteiger partial charge on any atom is -0.393 e. The lowest BCUT2D eigenvalue weighted by molar-refractivity contribution is -0.170.